The maximum Gasteiger partial charge on any atom is 0.336 e. The van der Waals surface area contributed by atoms with E-state index in [4.69, 9.17) is 4.74 Å². The van der Waals surface area contributed by atoms with Gasteiger partial charge >= 0.3 is 5.97 Å². The van der Waals surface area contributed by atoms with Crippen molar-refractivity contribution in [3.63, 3.8) is 0 Å². The first-order valence-electron chi connectivity index (χ1n) is 8.53. The van der Waals surface area contributed by atoms with E-state index in [0.717, 1.165) is 31.5 Å². The fourth-order valence-corrected chi connectivity index (χ4v) is 4.40. The molecule has 0 amide bonds. The molecule has 2 aliphatic heterocycles. The normalized spacial score (nSPS) is 28.0. The van der Waals surface area contributed by atoms with Crippen LogP contribution in [0.1, 0.15) is 25.3 Å². The van der Waals surface area contributed by atoms with Crippen LogP contribution in [0.4, 0.5) is 0 Å². The maximum atomic E-state index is 12.2. The quantitative estimate of drug-likeness (QED) is 0.895. The number of carbonyl (C=O) groups is 1. The van der Waals surface area contributed by atoms with Crippen LogP contribution >= 0.6 is 0 Å². The van der Waals surface area contributed by atoms with Gasteiger partial charge in [0, 0.05) is 16.6 Å². The van der Waals surface area contributed by atoms with E-state index in [1.165, 1.54) is 0 Å². The number of hydrogen-bond donors (Lipinski definition) is 2. The summed E-state index contributed by atoms with van der Waals surface area (Å²) in [6, 6.07) is 7.41. The Bertz CT molecular complexity index is 784. The van der Waals surface area contributed by atoms with Crippen LogP contribution in [0.15, 0.2) is 53.8 Å². The molecule has 2 heterocycles. The van der Waals surface area contributed by atoms with Crippen LogP contribution in [0.2, 0.25) is 0 Å². The fraction of sp³-hybridized carbons (Fsp3) is 0.350. The molecule has 1 saturated heterocycles. The third kappa shape index (κ3) is 2.06. The van der Waals surface area contributed by atoms with Gasteiger partial charge in [0.1, 0.15) is 11.5 Å². The lowest BCUT2D eigenvalue weighted by Gasteiger charge is -2.42. The average molecular weight is 323 g/mol. The van der Waals surface area contributed by atoms with Gasteiger partial charge in [-0.3, -0.25) is 0 Å². The highest BCUT2D eigenvalue weighted by molar-refractivity contribution is 6.19. The number of hydrogen-bond acceptors (Lipinski definition) is 3. The summed E-state index contributed by atoms with van der Waals surface area (Å²) in [4.78, 5) is 12.2. The molecule has 0 radical (unpaired) electrons. The Hall–Kier alpha value is -2.33. The summed E-state index contributed by atoms with van der Waals surface area (Å²) in [6.45, 7) is 4.02. The van der Waals surface area contributed by atoms with Crippen LogP contribution in [0, 0.1) is 11.3 Å². The third-order valence-corrected chi connectivity index (χ3v) is 5.57. The number of ether oxygens (including phenoxy) is 1. The van der Waals surface area contributed by atoms with Gasteiger partial charge < -0.3 is 15.2 Å². The van der Waals surface area contributed by atoms with Gasteiger partial charge in [0.25, 0.3) is 0 Å². The Morgan fingerprint density at radius 3 is 2.96 bits per heavy atom. The molecule has 1 aliphatic carbocycles. The van der Waals surface area contributed by atoms with E-state index in [-0.39, 0.29) is 5.41 Å². The molecule has 0 bridgehead atoms. The van der Waals surface area contributed by atoms with Crippen molar-refractivity contribution in [1.29, 1.82) is 0 Å². The lowest BCUT2D eigenvalue weighted by Crippen LogP contribution is -2.37. The minimum absolute atomic E-state index is 0.297. The van der Waals surface area contributed by atoms with Gasteiger partial charge in [0.2, 0.25) is 0 Å². The van der Waals surface area contributed by atoms with E-state index >= 15 is 0 Å². The molecule has 4 rings (SSSR count). The number of carboxylic acids is 1. The topological polar surface area (TPSA) is 58.6 Å². The summed E-state index contributed by atoms with van der Waals surface area (Å²) in [6.07, 6.45) is 8.00. The SMILES string of the molecule is CCC1(C2CCNC2)C=CC=C2Oc3ccccc3C(C(=O)O)=C21. The van der Waals surface area contributed by atoms with Crippen molar-refractivity contribution in [1.82, 2.24) is 5.32 Å². The van der Waals surface area contributed by atoms with Crippen molar-refractivity contribution in [3.05, 3.63) is 59.4 Å². The van der Waals surface area contributed by atoms with Gasteiger partial charge in [-0.2, -0.15) is 0 Å². The number of allylic oxidation sites excluding steroid dienone is 4. The van der Waals surface area contributed by atoms with Crippen molar-refractivity contribution in [2.45, 2.75) is 19.8 Å². The second kappa shape index (κ2) is 5.64. The zero-order chi connectivity index (χ0) is 16.7. The molecule has 0 aromatic heterocycles. The fourth-order valence-electron chi connectivity index (χ4n) is 4.40. The van der Waals surface area contributed by atoms with E-state index in [2.05, 4.69) is 18.3 Å². The summed E-state index contributed by atoms with van der Waals surface area (Å²) in [5, 5.41) is 13.4. The van der Waals surface area contributed by atoms with Crippen LogP contribution in [0.3, 0.4) is 0 Å². The summed E-state index contributed by atoms with van der Waals surface area (Å²) in [5.41, 5.74) is 1.61. The molecular formula is C20H21NO3. The smallest absolute Gasteiger partial charge is 0.336 e. The zero-order valence-corrected chi connectivity index (χ0v) is 13.7. The van der Waals surface area contributed by atoms with Gasteiger partial charge in [-0.15, -0.1) is 0 Å². The second-order valence-electron chi connectivity index (χ2n) is 6.63. The van der Waals surface area contributed by atoms with E-state index in [1.54, 1.807) is 0 Å². The Morgan fingerprint density at radius 1 is 1.42 bits per heavy atom. The number of aliphatic carboxylic acids is 1. The molecule has 1 aromatic rings. The largest absolute Gasteiger partial charge is 0.478 e. The van der Waals surface area contributed by atoms with Crippen LogP contribution < -0.4 is 10.1 Å². The zero-order valence-electron chi connectivity index (χ0n) is 13.7. The van der Waals surface area contributed by atoms with E-state index in [1.807, 2.05) is 36.4 Å². The van der Waals surface area contributed by atoms with Crippen molar-refractivity contribution < 1.29 is 14.6 Å². The molecule has 1 aromatic carbocycles. The molecule has 3 aliphatic rings. The number of para-hydroxylation sites is 1. The van der Waals surface area contributed by atoms with Crippen molar-refractivity contribution in [3.8, 4) is 5.75 Å². The predicted octanol–water partition coefficient (Wildman–Crippen LogP) is 3.38. The number of rotatable bonds is 3. The van der Waals surface area contributed by atoms with Crippen LogP contribution in [0.5, 0.6) is 5.75 Å². The molecule has 2 unspecified atom stereocenters. The highest BCUT2D eigenvalue weighted by Gasteiger charge is 2.47. The molecule has 2 N–H and O–H groups in total. The molecule has 0 spiro atoms. The minimum Gasteiger partial charge on any atom is -0.478 e. The average Bonchev–Trinajstić information content (AvgIpc) is 3.14. The number of carboxylic acid groups (broad SMARTS) is 1. The van der Waals surface area contributed by atoms with Crippen molar-refractivity contribution in [2.24, 2.45) is 11.3 Å². The van der Waals surface area contributed by atoms with Gasteiger partial charge in [-0.1, -0.05) is 37.3 Å². The number of nitrogens with one attached hydrogen (secondary N) is 1. The lowest BCUT2D eigenvalue weighted by atomic mass is 9.63. The van der Waals surface area contributed by atoms with Crippen molar-refractivity contribution in [2.75, 3.05) is 13.1 Å². The predicted molar refractivity (Wildman–Crippen MR) is 92.5 cm³/mol. The summed E-state index contributed by atoms with van der Waals surface area (Å²) in [5.74, 6) is 0.795. The summed E-state index contributed by atoms with van der Waals surface area (Å²) in [7, 11) is 0. The van der Waals surface area contributed by atoms with Crippen LogP contribution in [-0.2, 0) is 4.79 Å². The van der Waals surface area contributed by atoms with Gasteiger partial charge in [0.05, 0.1) is 5.57 Å². The molecule has 4 heteroatoms. The second-order valence-corrected chi connectivity index (χ2v) is 6.63. The van der Waals surface area contributed by atoms with Crippen molar-refractivity contribution >= 4 is 11.5 Å². The van der Waals surface area contributed by atoms with E-state index < -0.39 is 5.97 Å². The molecule has 1 fully saturated rings. The minimum atomic E-state index is -0.884. The molecule has 124 valence electrons. The van der Waals surface area contributed by atoms with E-state index in [9.17, 15) is 9.90 Å². The van der Waals surface area contributed by atoms with Gasteiger partial charge in [-0.25, -0.2) is 4.79 Å². The summed E-state index contributed by atoms with van der Waals surface area (Å²) >= 11 is 0. The monoisotopic (exact) mass is 323 g/mol. The first-order valence-corrected chi connectivity index (χ1v) is 8.53. The third-order valence-electron chi connectivity index (χ3n) is 5.57. The van der Waals surface area contributed by atoms with Gasteiger partial charge in [-0.05, 0) is 44.0 Å². The Balaban J connectivity index is 2.00. The number of fused-ring (bicyclic) bond motifs is 2. The summed E-state index contributed by atoms with van der Waals surface area (Å²) < 4.78 is 6.10. The van der Waals surface area contributed by atoms with Crippen LogP contribution in [-0.4, -0.2) is 24.2 Å². The first kappa shape index (κ1) is 15.2. The Labute approximate surface area is 141 Å². The molecule has 2 atom stereocenters. The van der Waals surface area contributed by atoms with Gasteiger partial charge in [0.15, 0.2) is 0 Å². The maximum absolute atomic E-state index is 12.2. The Morgan fingerprint density at radius 2 is 2.25 bits per heavy atom. The lowest BCUT2D eigenvalue weighted by molar-refractivity contribution is -0.130. The standard InChI is InChI=1S/C20H21NO3/c1-2-20(13-9-11-21-12-13)10-5-8-16-18(20)17(19(22)23)14-6-3-4-7-15(14)24-16/h3-8,10,13,21H,2,9,11-12H2,1H3,(H,22,23). The highest BCUT2D eigenvalue weighted by atomic mass is 16.5. The highest BCUT2D eigenvalue weighted by Crippen LogP contribution is 2.54. The Kier molecular flexibility index (Phi) is 3.57. The van der Waals surface area contributed by atoms with Crippen LogP contribution in [0.25, 0.3) is 5.57 Å². The van der Waals surface area contributed by atoms with E-state index in [0.29, 0.717) is 28.6 Å². The molecular weight excluding hydrogens is 302 g/mol. The number of benzene rings is 1. The first-order chi connectivity index (χ1) is 11.7. The molecule has 4 nitrogen and oxygen atoms in total. The molecule has 0 saturated carbocycles. The molecule has 24 heavy (non-hydrogen) atoms.